The second-order valence-corrected chi connectivity index (χ2v) is 8.92. The van der Waals surface area contributed by atoms with Gasteiger partial charge in [-0.1, -0.05) is 38.6 Å². The summed E-state index contributed by atoms with van der Waals surface area (Å²) in [4.78, 5) is 41.2. The lowest BCUT2D eigenvalue weighted by atomic mass is 9.94. The van der Waals surface area contributed by atoms with E-state index < -0.39 is 23.6 Å². The molecule has 1 unspecified atom stereocenters. The van der Waals surface area contributed by atoms with Crippen LogP contribution < -0.4 is 15.2 Å². The van der Waals surface area contributed by atoms with Crippen LogP contribution in [0.1, 0.15) is 36.6 Å². The molecule has 0 aromatic heterocycles. The molecule has 0 spiro atoms. The van der Waals surface area contributed by atoms with Gasteiger partial charge in [-0.15, -0.1) is 0 Å². The summed E-state index contributed by atoms with van der Waals surface area (Å²) >= 11 is 0. The second-order valence-electron chi connectivity index (χ2n) is 8.92. The molecule has 2 amide bonds. The van der Waals surface area contributed by atoms with Crippen LogP contribution >= 0.6 is 0 Å². The first-order valence-corrected chi connectivity index (χ1v) is 12.6. The number of ether oxygens (including phenoxy) is 2. The number of likely N-dealkylation sites (tertiary alicyclic amines) is 1. The minimum absolute atomic E-state index is 0.0134. The fourth-order valence-electron chi connectivity index (χ4n) is 4.41. The number of ketones is 1. The van der Waals surface area contributed by atoms with Crippen LogP contribution in [0.15, 0.2) is 60.7 Å². The standard InChI is InChI=1S/C29H35N3O6/c1-5-16-37-23-13-10-21(17-19(23)4)27(34)25-26(20-8-11-22(12-9-20)38-18-24(30)33)32(29(36)28(25)35)15-14-31(6-2)7-3/h5,8-13,17,26,34H,1,6-7,14-16,18H2,2-4H3,(H2,30,33). The number of nitrogens with two attached hydrogens (primary N) is 1. The summed E-state index contributed by atoms with van der Waals surface area (Å²) in [7, 11) is 0. The molecule has 1 fully saturated rings. The first kappa shape index (κ1) is 28.5. The highest BCUT2D eigenvalue weighted by Gasteiger charge is 2.46. The van der Waals surface area contributed by atoms with Crippen LogP contribution in [0.3, 0.4) is 0 Å². The zero-order chi connectivity index (χ0) is 27.8. The van der Waals surface area contributed by atoms with Crippen molar-refractivity contribution in [2.45, 2.75) is 26.8 Å². The number of Topliss-reactive ketones (excluding diaryl/α,β-unsaturated/α-hetero) is 1. The van der Waals surface area contributed by atoms with Crippen LogP contribution in [0.25, 0.3) is 5.76 Å². The third kappa shape index (κ3) is 6.41. The van der Waals surface area contributed by atoms with Crippen molar-refractivity contribution in [2.75, 3.05) is 39.4 Å². The Morgan fingerprint density at radius 3 is 2.39 bits per heavy atom. The van der Waals surface area contributed by atoms with Gasteiger partial charge in [-0.25, -0.2) is 0 Å². The van der Waals surface area contributed by atoms with Crippen LogP contribution in [-0.2, 0) is 14.4 Å². The normalized spacial score (nSPS) is 16.6. The number of aliphatic hydroxyl groups is 1. The lowest BCUT2D eigenvalue weighted by Gasteiger charge is -2.28. The van der Waals surface area contributed by atoms with Crippen molar-refractivity contribution in [3.63, 3.8) is 0 Å². The molecule has 9 heteroatoms. The number of carbonyl (C=O) groups excluding carboxylic acids is 3. The quantitative estimate of drug-likeness (QED) is 0.180. The average Bonchev–Trinajstić information content (AvgIpc) is 3.16. The molecule has 3 rings (SSSR count). The maximum absolute atomic E-state index is 13.3. The van der Waals surface area contributed by atoms with E-state index in [4.69, 9.17) is 15.2 Å². The van der Waals surface area contributed by atoms with Crippen molar-refractivity contribution in [1.82, 2.24) is 9.80 Å². The molecule has 1 aliphatic heterocycles. The van der Waals surface area contributed by atoms with Gasteiger partial charge in [0.1, 0.15) is 23.9 Å². The lowest BCUT2D eigenvalue weighted by Crippen LogP contribution is -2.38. The first-order valence-electron chi connectivity index (χ1n) is 12.6. The second kappa shape index (κ2) is 12.9. The van der Waals surface area contributed by atoms with Gasteiger partial charge in [0.2, 0.25) is 0 Å². The van der Waals surface area contributed by atoms with E-state index in [1.54, 1.807) is 48.5 Å². The molecule has 0 bridgehead atoms. The fourth-order valence-corrected chi connectivity index (χ4v) is 4.41. The highest BCUT2D eigenvalue weighted by molar-refractivity contribution is 6.46. The van der Waals surface area contributed by atoms with Crippen molar-refractivity contribution >= 4 is 23.4 Å². The fraction of sp³-hybridized carbons (Fsp3) is 0.345. The summed E-state index contributed by atoms with van der Waals surface area (Å²) < 4.78 is 11.0. The Bertz CT molecular complexity index is 1220. The van der Waals surface area contributed by atoms with Gasteiger partial charge in [0.25, 0.3) is 17.6 Å². The number of carbonyl (C=O) groups is 3. The maximum atomic E-state index is 13.3. The molecular formula is C29H35N3O6. The van der Waals surface area contributed by atoms with E-state index in [0.29, 0.717) is 42.3 Å². The number of aliphatic hydroxyl groups excluding tert-OH is 1. The lowest BCUT2D eigenvalue weighted by molar-refractivity contribution is -0.140. The van der Waals surface area contributed by atoms with Crippen LogP contribution in [0.2, 0.25) is 0 Å². The maximum Gasteiger partial charge on any atom is 0.295 e. The van der Waals surface area contributed by atoms with Gasteiger partial charge in [-0.05, 0) is 61.5 Å². The number of amides is 2. The van der Waals surface area contributed by atoms with E-state index in [2.05, 4.69) is 11.5 Å². The van der Waals surface area contributed by atoms with E-state index in [0.717, 1.165) is 18.7 Å². The van der Waals surface area contributed by atoms with Gasteiger partial charge in [0.15, 0.2) is 6.61 Å². The summed E-state index contributed by atoms with van der Waals surface area (Å²) in [6, 6.07) is 11.0. The van der Waals surface area contributed by atoms with E-state index in [9.17, 15) is 19.5 Å². The molecule has 38 heavy (non-hydrogen) atoms. The topological polar surface area (TPSA) is 122 Å². The van der Waals surface area contributed by atoms with E-state index in [1.165, 1.54) is 4.90 Å². The minimum atomic E-state index is -0.798. The van der Waals surface area contributed by atoms with Gasteiger partial charge in [-0.2, -0.15) is 0 Å². The van der Waals surface area contributed by atoms with Crippen LogP contribution in [-0.4, -0.2) is 71.9 Å². The Morgan fingerprint density at radius 2 is 1.82 bits per heavy atom. The van der Waals surface area contributed by atoms with Gasteiger partial charge in [0, 0.05) is 18.7 Å². The molecular weight excluding hydrogens is 486 g/mol. The van der Waals surface area contributed by atoms with E-state index in [1.807, 2.05) is 20.8 Å². The first-order chi connectivity index (χ1) is 18.2. The van der Waals surface area contributed by atoms with E-state index >= 15 is 0 Å². The third-order valence-corrected chi connectivity index (χ3v) is 6.47. The Balaban J connectivity index is 2.05. The van der Waals surface area contributed by atoms with Gasteiger partial charge < -0.3 is 30.1 Å². The third-order valence-electron chi connectivity index (χ3n) is 6.47. The van der Waals surface area contributed by atoms with Crippen molar-refractivity contribution in [3.8, 4) is 11.5 Å². The summed E-state index contributed by atoms with van der Waals surface area (Å²) in [5.74, 6) is -1.23. The summed E-state index contributed by atoms with van der Waals surface area (Å²) in [5.41, 5.74) is 6.96. The molecule has 1 atom stereocenters. The number of benzene rings is 2. The van der Waals surface area contributed by atoms with Crippen LogP contribution in [0, 0.1) is 6.92 Å². The Morgan fingerprint density at radius 1 is 1.13 bits per heavy atom. The number of aryl methyl sites for hydroxylation is 1. The predicted molar refractivity (Wildman–Crippen MR) is 145 cm³/mol. The molecule has 202 valence electrons. The molecule has 3 N–H and O–H groups in total. The van der Waals surface area contributed by atoms with Gasteiger partial charge in [-0.3, -0.25) is 14.4 Å². The van der Waals surface area contributed by atoms with Crippen LogP contribution in [0.4, 0.5) is 0 Å². The molecule has 2 aromatic rings. The monoisotopic (exact) mass is 521 g/mol. The molecule has 0 radical (unpaired) electrons. The molecule has 0 saturated carbocycles. The van der Waals surface area contributed by atoms with Crippen molar-refractivity contribution in [2.24, 2.45) is 5.73 Å². The molecule has 9 nitrogen and oxygen atoms in total. The molecule has 2 aromatic carbocycles. The molecule has 0 aliphatic carbocycles. The molecule has 1 heterocycles. The number of rotatable bonds is 13. The number of likely N-dealkylation sites (N-methyl/N-ethyl adjacent to an activating group) is 1. The van der Waals surface area contributed by atoms with Gasteiger partial charge in [0.05, 0.1) is 11.6 Å². The number of hydrogen-bond donors (Lipinski definition) is 2. The van der Waals surface area contributed by atoms with Crippen molar-refractivity contribution in [3.05, 3.63) is 77.4 Å². The summed E-state index contributed by atoms with van der Waals surface area (Å²) in [6.07, 6.45) is 1.64. The summed E-state index contributed by atoms with van der Waals surface area (Å²) in [6.45, 7) is 12.1. The number of primary amides is 1. The Kier molecular flexibility index (Phi) is 9.67. The molecule has 1 aliphatic rings. The minimum Gasteiger partial charge on any atom is -0.507 e. The van der Waals surface area contributed by atoms with Crippen LogP contribution in [0.5, 0.6) is 11.5 Å². The number of nitrogens with zero attached hydrogens (tertiary/aromatic N) is 2. The Hall–Kier alpha value is -4.11. The number of hydrogen-bond acceptors (Lipinski definition) is 7. The zero-order valence-corrected chi connectivity index (χ0v) is 22.1. The highest BCUT2D eigenvalue weighted by atomic mass is 16.5. The zero-order valence-electron chi connectivity index (χ0n) is 22.1. The summed E-state index contributed by atoms with van der Waals surface area (Å²) in [5, 5.41) is 11.4. The largest absolute Gasteiger partial charge is 0.507 e. The average molecular weight is 522 g/mol. The predicted octanol–water partition coefficient (Wildman–Crippen LogP) is 3.19. The highest BCUT2D eigenvalue weighted by Crippen LogP contribution is 2.40. The van der Waals surface area contributed by atoms with E-state index in [-0.39, 0.29) is 17.9 Å². The van der Waals surface area contributed by atoms with Crippen molar-refractivity contribution in [1.29, 1.82) is 0 Å². The Labute approximate surface area is 223 Å². The molecule has 1 saturated heterocycles. The smallest absolute Gasteiger partial charge is 0.295 e. The van der Waals surface area contributed by atoms with Crippen molar-refractivity contribution < 1.29 is 29.0 Å². The van der Waals surface area contributed by atoms with Gasteiger partial charge >= 0.3 is 0 Å². The SMILES string of the molecule is C=CCOc1ccc(C(O)=C2C(=O)C(=O)N(CCN(CC)CC)C2c2ccc(OCC(N)=O)cc2)cc1C.